The fourth-order valence-electron chi connectivity index (χ4n) is 2.08. The Morgan fingerprint density at radius 1 is 1.37 bits per heavy atom. The number of hydrogen-bond donors (Lipinski definition) is 1. The van der Waals surface area contributed by atoms with Crippen LogP contribution in [0.3, 0.4) is 0 Å². The first-order chi connectivity index (χ1) is 9.08. The number of nitrogens with zero attached hydrogens (tertiary/aromatic N) is 3. The van der Waals surface area contributed by atoms with Crippen LogP contribution in [-0.2, 0) is 17.8 Å². The van der Waals surface area contributed by atoms with Crippen molar-refractivity contribution in [3.63, 3.8) is 0 Å². The van der Waals surface area contributed by atoms with Crippen molar-refractivity contribution in [3.8, 4) is 0 Å². The third-order valence-corrected chi connectivity index (χ3v) is 3.07. The van der Waals surface area contributed by atoms with E-state index in [0.29, 0.717) is 6.42 Å². The van der Waals surface area contributed by atoms with Gasteiger partial charge in [-0.25, -0.2) is 4.98 Å². The summed E-state index contributed by atoms with van der Waals surface area (Å²) in [7, 11) is 4.05. The van der Waals surface area contributed by atoms with Crippen molar-refractivity contribution < 1.29 is 9.90 Å². The molecule has 0 saturated heterocycles. The first kappa shape index (κ1) is 13.5. The molecule has 0 amide bonds. The second kappa shape index (κ2) is 5.84. The molecule has 0 atom stereocenters. The maximum atomic E-state index is 10.7. The molecule has 0 fully saturated rings. The predicted octanol–water partition coefficient (Wildman–Crippen LogP) is 1.62. The summed E-state index contributed by atoms with van der Waals surface area (Å²) in [5.41, 5.74) is 2.01. The minimum absolute atomic E-state index is 0.116. The molecule has 0 unspecified atom stereocenters. The van der Waals surface area contributed by atoms with Crippen LogP contribution in [0.15, 0.2) is 24.3 Å². The van der Waals surface area contributed by atoms with Gasteiger partial charge in [0.05, 0.1) is 17.5 Å². The first-order valence-corrected chi connectivity index (χ1v) is 6.38. The average Bonchev–Trinajstić information content (AvgIpc) is 2.71. The number of carbonyl (C=O) groups is 1. The van der Waals surface area contributed by atoms with E-state index in [1.807, 2.05) is 38.4 Å². The van der Waals surface area contributed by atoms with Crippen LogP contribution in [-0.4, -0.2) is 46.2 Å². The highest BCUT2D eigenvalue weighted by Gasteiger charge is 2.11. The lowest BCUT2D eigenvalue weighted by atomic mass is 10.3. The summed E-state index contributed by atoms with van der Waals surface area (Å²) in [4.78, 5) is 17.4. The molecule has 1 N–H and O–H groups in total. The molecule has 2 aromatic rings. The Balaban J connectivity index is 2.31. The highest BCUT2D eigenvalue weighted by molar-refractivity contribution is 5.76. The zero-order valence-corrected chi connectivity index (χ0v) is 11.3. The Bertz CT molecular complexity index is 575. The van der Waals surface area contributed by atoms with Gasteiger partial charge in [-0.3, -0.25) is 4.79 Å². The number of likely N-dealkylation sites (N-methyl/N-ethyl adjacent to an activating group) is 1. The Kier molecular flexibility index (Phi) is 4.16. The lowest BCUT2D eigenvalue weighted by Crippen LogP contribution is -2.19. The summed E-state index contributed by atoms with van der Waals surface area (Å²) in [6, 6.07) is 7.93. The van der Waals surface area contributed by atoms with Crippen LogP contribution in [0.5, 0.6) is 0 Å². The molecule has 1 heterocycles. The third kappa shape index (κ3) is 3.32. The second-order valence-corrected chi connectivity index (χ2v) is 4.87. The highest BCUT2D eigenvalue weighted by Crippen LogP contribution is 2.17. The quantitative estimate of drug-likeness (QED) is 0.858. The van der Waals surface area contributed by atoms with E-state index in [1.54, 1.807) is 0 Å². The van der Waals surface area contributed by atoms with E-state index in [4.69, 9.17) is 5.11 Å². The van der Waals surface area contributed by atoms with Crippen LogP contribution in [0.4, 0.5) is 0 Å². The van der Waals surface area contributed by atoms with Crippen LogP contribution in [0.2, 0.25) is 0 Å². The van der Waals surface area contributed by atoms with Gasteiger partial charge in [-0.05, 0) is 26.2 Å². The average molecular weight is 261 g/mol. The molecule has 0 aliphatic carbocycles. The summed E-state index contributed by atoms with van der Waals surface area (Å²) in [6.07, 6.45) is 0.586. The number of aliphatic carboxylic acids is 1. The van der Waals surface area contributed by atoms with Crippen LogP contribution >= 0.6 is 0 Å². The van der Waals surface area contributed by atoms with Gasteiger partial charge >= 0.3 is 5.97 Å². The van der Waals surface area contributed by atoms with E-state index in [0.717, 1.165) is 29.9 Å². The van der Waals surface area contributed by atoms with Crippen molar-refractivity contribution in [1.82, 2.24) is 14.5 Å². The van der Waals surface area contributed by atoms with Gasteiger partial charge in [-0.2, -0.15) is 0 Å². The number of para-hydroxylation sites is 2. The van der Waals surface area contributed by atoms with E-state index < -0.39 is 5.97 Å². The molecule has 0 saturated carbocycles. The number of fused-ring (bicyclic) bond motifs is 1. The minimum atomic E-state index is -0.786. The molecular weight excluding hydrogens is 242 g/mol. The van der Waals surface area contributed by atoms with E-state index in [9.17, 15) is 4.79 Å². The summed E-state index contributed by atoms with van der Waals surface area (Å²) in [5.74, 6) is 0.0664. The van der Waals surface area contributed by atoms with Gasteiger partial charge in [0.25, 0.3) is 0 Å². The van der Waals surface area contributed by atoms with E-state index in [2.05, 4.69) is 14.5 Å². The first-order valence-electron chi connectivity index (χ1n) is 6.38. The molecule has 1 aromatic heterocycles. The monoisotopic (exact) mass is 261 g/mol. The van der Waals surface area contributed by atoms with Gasteiger partial charge < -0.3 is 14.6 Å². The third-order valence-electron chi connectivity index (χ3n) is 3.07. The van der Waals surface area contributed by atoms with Gasteiger partial charge in [0.15, 0.2) is 0 Å². The number of carboxylic acids is 1. The van der Waals surface area contributed by atoms with Crippen LogP contribution in [0.25, 0.3) is 11.0 Å². The second-order valence-electron chi connectivity index (χ2n) is 4.87. The maximum absolute atomic E-state index is 10.7. The number of rotatable bonds is 6. The number of hydrogen-bond acceptors (Lipinski definition) is 3. The summed E-state index contributed by atoms with van der Waals surface area (Å²) in [5, 5.41) is 8.81. The number of carboxylic acid groups (broad SMARTS) is 1. The van der Waals surface area contributed by atoms with Gasteiger partial charge in [0.1, 0.15) is 5.82 Å². The zero-order chi connectivity index (χ0) is 13.8. The fourth-order valence-corrected chi connectivity index (χ4v) is 2.08. The standard InChI is InChI=1S/C14H19N3O2/c1-16(2)9-10-17-12-6-4-3-5-11(12)15-13(17)7-8-14(18)19/h3-6H,7-10H2,1-2H3,(H,18,19). The van der Waals surface area contributed by atoms with Crippen molar-refractivity contribution in [2.75, 3.05) is 20.6 Å². The predicted molar refractivity (Wildman–Crippen MR) is 74.2 cm³/mol. The lowest BCUT2D eigenvalue weighted by Gasteiger charge is -2.13. The molecule has 0 aliphatic rings. The molecular formula is C14H19N3O2. The smallest absolute Gasteiger partial charge is 0.303 e. The topological polar surface area (TPSA) is 58.4 Å². The van der Waals surface area contributed by atoms with E-state index in [-0.39, 0.29) is 6.42 Å². The fraction of sp³-hybridized carbons (Fsp3) is 0.429. The van der Waals surface area contributed by atoms with Gasteiger partial charge in [-0.15, -0.1) is 0 Å². The molecule has 0 aliphatic heterocycles. The number of imidazole rings is 1. The summed E-state index contributed by atoms with van der Waals surface area (Å²) in [6.45, 7) is 1.73. The number of aromatic nitrogens is 2. The summed E-state index contributed by atoms with van der Waals surface area (Å²) >= 11 is 0. The Hall–Kier alpha value is -1.88. The summed E-state index contributed by atoms with van der Waals surface area (Å²) < 4.78 is 2.12. The number of aryl methyl sites for hydroxylation is 1. The van der Waals surface area contributed by atoms with Crippen molar-refractivity contribution in [2.24, 2.45) is 0 Å². The molecule has 0 spiro atoms. The van der Waals surface area contributed by atoms with Crippen LogP contribution in [0.1, 0.15) is 12.2 Å². The lowest BCUT2D eigenvalue weighted by molar-refractivity contribution is -0.137. The Morgan fingerprint density at radius 3 is 2.79 bits per heavy atom. The Morgan fingerprint density at radius 2 is 2.11 bits per heavy atom. The minimum Gasteiger partial charge on any atom is -0.481 e. The molecule has 2 rings (SSSR count). The molecule has 19 heavy (non-hydrogen) atoms. The van der Waals surface area contributed by atoms with Gasteiger partial charge in [0.2, 0.25) is 0 Å². The van der Waals surface area contributed by atoms with Crippen molar-refractivity contribution in [3.05, 3.63) is 30.1 Å². The molecule has 0 radical (unpaired) electrons. The molecule has 102 valence electrons. The molecule has 0 bridgehead atoms. The van der Waals surface area contributed by atoms with E-state index >= 15 is 0 Å². The van der Waals surface area contributed by atoms with Crippen LogP contribution < -0.4 is 0 Å². The van der Waals surface area contributed by atoms with E-state index in [1.165, 1.54) is 0 Å². The van der Waals surface area contributed by atoms with Crippen molar-refractivity contribution in [1.29, 1.82) is 0 Å². The van der Waals surface area contributed by atoms with Crippen LogP contribution in [0, 0.1) is 0 Å². The maximum Gasteiger partial charge on any atom is 0.303 e. The normalized spacial score (nSPS) is 11.3. The number of benzene rings is 1. The van der Waals surface area contributed by atoms with Crippen molar-refractivity contribution in [2.45, 2.75) is 19.4 Å². The zero-order valence-electron chi connectivity index (χ0n) is 11.3. The highest BCUT2D eigenvalue weighted by atomic mass is 16.4. The molecule has 5 nitrogen and oxygen atoms in total. The SMILES string of the molecule is CN(C)CCn1c(CCC(=O)O)nc2ccccc21. The Labute approximate surface area is 112 Å². The molecule has 5 heteroatoms. The van der Waals surface area contributed by atoms with Crippen molar-refractivity contribution >= 4 is 17.0 Å². The van der Waals surface area contributed by atoms with Gasteiger partial charge in [-0.1, -0.05) is 12.1 Å². The largest absolute Gasteiger partial charge is 0.481 e. The molecule has 1 aromatic carbocycles. The van der Waals surface area contributed by atoms with Gasteiger partial charge in [0, 0.05) is 19.5 Å².